The summed E-state index contributed by atoms with van der Waals surface area (Å²) in [5.41, 5.74) is 4.58. The molecule has 5 nitrogen and oxygen atoms in total. The molecule has 6 heteroatoms. The second kappa shape index (κ2) is 15.2. The molecule has 1 saturated carbocycles. The van der Waals surface area contributed by atoms with Crippen molar-refractivity contribution >= 4 is 23.6 Å². The first-order valence-electron chi connectivity index (χ1n) is 13.6. The van der Waals surface area contributed by atoms with E-state index in [1.807, 2.05) is 49.6 Å². The molecule has 2 unspecified atom stereocenters. The van der Waals surface area contributed by atoms with Gasteiger partial charge in [0.1, 0.15) is 6.04 Å². The predicted octanol–water partition coefficient (Wildman–Crippen LogP) is 6.20. The summed E-state index contributed by atoms with van der Waals surface area (Å²) in [6.45, 7) is 2.21. The highest BCUT2D eigenvalue weighted by Gasteiger charge is 2.24. The van der Waals surface area contributed by atoms with Crippen molar-refractivity contribution in [2.24, 2.45) is 11.8 Å². The Morgan fingerprint density at radius 1 is 1.08 bits per heavy atom. The maximum Gasteiger partial charge on any atom is 0.328 e. The zero-order valence-electron chi connectivity index (χ0n) is 22.6. The summed E-state index contributed by atoms with van der Waals surface area (Å²) in [6, 6.07) is 13.3. The van der Waals surface area contributed by atoms with Gasteiger partial charge in [0.05, 0.1) is 7.11 Å². The number of thioether (sulfide) groups is 1. The summed E-state index contributed by atoms with van der Waals surface area (Å²) in [7, 11) is 1.35. The fraction of sp³-hybridized carbons (Fsp3) is 0.548. The maximum absolute atomic E-state index is 13.4. The number of rotatable bonds is 13. The molecule has 0 saturated heterocycles. The topological polar surface area (TPSA) is 75.6 Å². The number of ether oxygens (including phenoxy) is 1. The molecule has 2 aromatic rings. The van der Waals surface area contributed by atoms with Crippen LogP contribution in [0.25, 0.3) is 11.1 Å². The second-order valence-electron chi connectivity index (χ2n) is 10.4. The van der Waals surface area contributed by atoms with E-state index in [4.69, 9.17) is 4.74 Å². The van der Waals surface area contributed by atoms with Gasteiger partial charge in [-0.15, -0.1) is 0 Å². The third-order valence-electron chi connectivity index (χ3n) is 7.66. The molecule has 37 heavy (non-hydrogen) atoms. The van der Waals surface area contributed by atoms with Crippen LogP contribution in [0.1, 0.15) is 72.9 Å². The molecule has 1 amide bonds. The van der Waals surface area contributed by atoms with Crippen molar-refractivity contribution in [1.82, 2.24) is 5.32 Å². The van der Waals surface area contributed by atoms with Crippen LogP contribution in [0.3, 0.4) is 0 Å². The van der Waals surface area contributed by atoms with Gasteiger partial charge in [-0.3, -0.25) is 4.79 Å². The van der Waals surface area contributed by atoms with E-state index in [-0.39, 0.29) is 18.4 Å². The van der Waals surface area contributed by atoms with Gasteiger partial charge < -0.3 is 15.2 Å². The van der Waals surface area contributed by atoms with Crippen molar-refractivity contribution in [1.29, 1.82) is 0 Å². The van der Waals surface area contributed by atoms with Crippen LogP contribution in [0.15, 0.2) is 42.5 Å². The van der Waals surface area contributed by atoms with Gasteiger partial charge in [-0.1, -0.05) is 74.9 Å². The maximum atomic E-state index is 13.4. The highest BCUT2D eigenvalue weighted by Crippen LogP contribution is 2.32. The van der Waals surface area contributed by atoms with Gasteiger partial charge >= 0.3 is 5.97 Å². The summed E-state index contributed by atoms with van der Waals surface area (Å²) in [5.74, 6) is 1.04. The average Bonchev–Trinajstić information content (AvgIpc) is 2.93. The lowest BCUT2D eigenvalue weighted by Gasteiger charge is -2.24. The SMILES string of the molecule is COC(=O)C(CCSC)NC(=O)c1ccc(CC(CO)CCC2CCCCC2)cc1-c1ccccc1C. The van der Waals surface area contributed by atoms with Gasteiger partial charge in [-0.05, 0) is 78.4 Å². The number of amides is 1. The summed E-state index contributed by atoms with van der Waals surface area (Å²) < 4.78 is 4.94. The number of hydrogen-bond acceptors (Lipinski definition) is 5. The van der Waals surface area contributed by atoms with Crippen molar-refractivity contribution < 1.29 is 19.4 Å². The van der Waals surface area contributed by atoms with Crippen molar-refractivity contribution in [3.8, 4) is 11.1 Å². The van der Waals surface area contributed by atoms with Crippen molar-refractivity contribution in [3.05, 3.63) is 59.2 Å². The number of aliphatic hydroxyl groups is 1. The predicted molar refractivity (Wildman–Crippen MR) is 153 cm³/mol. The van der Waals surface area contributed by atoms with Crippen LogP contribution in [0.2, 0.25) is 0 Å². The molecule has 0 spiro atoms. The van der Waals surface area contributed by atoms with Crippen LogP contribution in [0.5, 0.6) is 0 Å². The summed E-state index contributed by atoms with van der Waals surface area (Å²) in [6.07, 6.45) is 12.2. The zero-order chi connectivity index (χ0) is 26.6. The summed E-state index contributed by atoms with van der Waals surface area (Å²) >= 11 is 1.63. The zero-order valence-corrected chi connectivity index (χ0v) is 23.4. The molecule has 2 atom stereocenters. The Labute approximate surface area is 226 Å². The molecule has 1 fully saturated rings. The van der Waals surface area contributed by atoms with Gasteiger partial charge in [-0.2, -0.15) is 11.8 Å². The Bertz CT molecular complexity index is 1020. The van der Waals surface area contributed by atoms with E-state index in [1.54, 1.807) is 11.8 Å². The Hall–Kier alpha value is -2.31. The van der Waals surface area contributed by atoms with Crippen LogP contribution in [-0.4, -0.2) is 48.8 Å². The largest absolute Gasteiger partial charge is 0.467 e. The van der Waals surface area contributed by atoms with Crippen molar-refractivity contribution in [3.63, 3.8) is 0 Å². The first-order chi connectivity index (χ1) is 18.0. The molecule has 2 N–H and O–H groups in total. The number of aryl methyl sites for hydroxylation is 1. The van der Waals surface area contributed by atoms with Crippen LogP contribution in [0.4, 0.5) is 0 Å². The van der Waals surface area contributed by atoms with Crippen LogP contribution >= 0.6 is 11.8 Å². The first-order valence-corrected chi connectivity index (χ1v) is 15.0. The molecule has 1 aliphatic rings. The lowest BCUT2D eigenvalue weighted by Crippen LogP contribution is -2.42. The molecular formula is C31H43NO4S. The number of hydrogen-bond donors (Lipinski definition) is 2. The number of nitrogens with one attached hydrogen (secondary N) is 1. The van der Waals surface area contributed by atoms with E-state index in [2.05, 4.69) is 11.4 Å². The van der Waals surface area contributed by atoms with Crippen molar-refractivity contribution in [2.45, 2.75) is 70.8 Å². The molecule has 0 radical (unpaired) electrons. The third-order valence-corrected chi connectivity index (χ3v) is 8.30. The Kier molecular flexibility index (Phi) is 12.0. The molecule has 202 valence electrons. The lowest BCUT2D eigenvalue weighted by atomic mass is 9.83. The van der Waals surface area contributed by atoms with E-state index >= 15 is 0 Å². The van der Waals surface area contributed by atoms with Crippen LogP contribution in [0, 0.1) is 18.8 Å². The minimum absolute atomic E-state index is 0.172. The van der Waals surface area contributed by atoms with Gasteiger partial charge in [0.25, 0.3) is 5.91 Å². The second-order valence-corrected chi connectivity index (χ2v) is 11.3. The standard InChI is InChI=1S/C31H43NO4S/c1-22-9-7-8-12-26(22)28-20-24(19-25(21-33)14-13-23-10-5-4-6-11-23)15-16-27(28)30(34)32-29(17-18-37-3)31(35)36-2/h7-9,12,15-16,20,23,25,29,33H,4-6,10-11,13-14,17-19,21H2,1-3H3,(H,32,34). The number of carbonyl (C=O) groups excluding carboxylic acids is 2. The first kappa shape index (κ1) is 29.2. The van der Waals surface area contributed by atoms with Gasteiger partial charge in [0, 0.05) is 12.2 Å². The molecule has 0 heterocycles. The minimum atomic E-state index is -0.687. The van der Waals surface area contributed by atoms with E-state index in [1.165, 1.54) is 45.6 Å². The molecule has 1 aliphatic carbocycles. The van der Waals surface area contributed by atoms with Gasteiger partial charge in [0.2, 0.25) is 0 Å². The van der Waals surface area contributed by atoms with E-state index in [0.29, 0.717) is 12.0 Å². The minimum Gasteiger partial charge on any atom is -0.467 e. The molecule has 0 aromatic heterocycles. The van der Waals surface area contributed by atoms with E-state index < -0.39 is 12.0 Å². The number of esters is 1. The van der Waals surface area contributed by atoms with E-state index in [9.17, 15) is 14.7 Å². The summed E-state index contributed by atoms with van der Waals surface area (Å²) in [4.78, 5) is 25.8. The number of methoxy groups -OCH3 is 1. The van der Waals surface area contributed by atoms with E-state index in [0.717, 1.165) is 46.8 Å². The van der Waals surface area contributed by atoms with Gasteiger partial charge in [0.15, 0.2) is 0 Å². The fourth-order valence-electron chi connectivity index (χ4n) is 5.42. The quantitative estimate of drug-likeness (QED) is 0.305. The average molecular weight is 526 g/mol. The Balaban J connectivity index is 1.83. The van der Waals surface area contributed by atoms with Crippen LogP contribution < -0.4 is 5.32 Å². The smallest absolute Gasteiger partial charge is 0.328 e. The van der Waals surface area contributed by atoms with Crippen molar-refractivity contribution in [2.75, 3.05) is 25.7 Å². The van der Waals surface area contributed by atoms with Gasteiger partial charge in [-0.25, -0.2) is 4.79 Å². The van der Waals surface area contributed by atoms with Crippen LogP contribution in [-0.2, 0) is 16.0 Å². The Morgan fingerprint density at radius 3 is 2.51 bits per heavy atom. The number of benzene rings is 2. The highest BCUT2D eigenvalue weighted by molar-refractivity contribution is 7.98. The highest BCUT2D eigenvalue weighted by atomic mass is 32.2. The monoisotopic (exact) mass is 525 g/mol. The Morgan fingerprint density at radius 2 is 1.84 bits per heavy atom. The molecule has 0 bridgehead atoms. The normalized spacial score (nSPS) is 15.7. The molecule has 2 aromatic carbocycles. The summed E-state index contributed by atoms with van der Waals surface area (Å²) in [5, 5.41) is 13.0. The number of aliphatic hydroxyl groups excluding tert-OH is 1. The number of carbonyl (C=O) groups is 2. The third kappa shape index (κ3) is 8.61. The molecule has 0 aliphatic heterocycles. The molecule has 3 rings (SSSR count). The fourth-order valence-corrected chi connectivity index (χ4v) is 5.89. The lowest BCUT2D eigenvalue weighted by molar-refractivity contribution is -0.142. The molecular weight excluding hydrogens is 482 g/mol.